The van der Waals surface area contributed by atoms with E-state index in [1.165, 1.54) is 0 Å². The average molecular weight is 307 g/mol. The van der Waals surface area contributed by atoms with Gasteiger partial charge in [0, 0.05) is 13.1 Å². The van der Waals surface area contributed by atoms with E-state index < -0.39 is 20.9 Å². The van der Waals surface area contributed by atoms with Crippen molar-refractivity contribution >= 4 is 10.0 Å². The van der Waals surface area contributed by atoms with Gasteiger partial charge in [0.25, 0.3) is 0 Å². The van der Waals surface area contributed by atoms with E-state index in [4.69, 9.17) is 9.47 Å². The fraction of sp³-hybridized carbons (Fsp3) is 0.467. The van der Waals surface area contributed by atoms with Gasteiger partial charge in [0.05, 0.1) is 13.2 Å². The van der Waals surface area contributed by atoms with Crippen LogP contribution >= 0.6 is 0 Å². The van der Waals surface area contributed by atoms with E-state index in [0.29, 0.717) is 19.5 Å². The summed E-state index contributed by atoms with van der Waals surface area (Å²) in [7, 11) is -1.70. The Morgan fingerprint density at radius 3 is 3.05 bits per heavy atom. The number of hydrogen-bond donors (Lipinski definition) is 0. The Bertz CT molecular complexity index is 714. The molecule has 2 saturated heterocycles. The number of hydrogen-bond acceptors (Lipinski definition) is 4. The summed E-state index contributed by atoms with van der Waals surface area (Å²) in [5.41, 5.74) is 0.301. The maximum absolute atomic E-state index is 12.7. The molecule has 0 aliphatic carbocycles. The second-order valence-corrected chi connectivity index (χ2v) is 7.97. The molecule has 4 rings (SSSR count). The molecule has 0 N–H and O–H groups in total. The Morgan fingerprint density at radius 2 is 2.33 bits per heavy atom. The van der Waals surface area contributed by atoms with Crippen LogP contribution in [0.2, 0.25) is 0 Å². The van der Waals surface area contributed by atoms with Gasteiger partial charge >= 0.3 is 0 Å². The van der Waals surface area contributed by atoms with Crippen molar-refractivity contribution in [1.29, 1.82) is 0 Å². The summed E-state index contributed by atoms with van der Waals surface area (Å²) in [5, 5.41) is -0.425. The number of rotatable bonds is 3. The monoisotopic (exact) mass is 307 g/mol. The van der Waals surface area contributed by atoms with Crippen molar-refractivity contribution in [3.8, 4) is 5.75 Å². The van der Waals surface area contributed by atoms with Crippen LogP contribution in [0.1, 0.15) is 12.0 Å². The highest BCUT2D eigenvalue weighted by Gasteiger charge is 2.63. The number of nitrogens with zero attached hydrogens (tertiary/aromatic N) is 1. The van der Waals surface area contributed by atoms with Crippen molar-refractivity contribution < 1.29 is 17.9 Å². The molecule has 5 nitrogen and oxygen atoms in total. The first kappa shape index (κ1) is 13.3. The summed E-state index contributed by atoms with van der Waals surface area (Å²) in [4.78, 5) is 0. The van der Waals surface area contributed by atoms with Crippen molar-refractivity contribution in [3.05, 3.63) is 42.0 Å². The predicted octanol–water partition coefficient (Wildman–Crippen LogP) is 1.31. The van der Waals surface area contributed by atoms with E-state index in [9.17, 15) is 8.42 Å². The highest BCUT2D eigenvalue weighted by Crippen LogP contribution is 2.48. The van der Waals surface area contributed by atoms with Gasteiger partial charge in [0.2, 0.25) is 10.0 Å². The molecule has 2 fully saturated rings. The Labute approximate surface area is 124 Å². The highest BCUT2D eigenvalue weighted by atomic mass is 32.2. The van der Waals surface area contributed by atoms with Gasteiger partial charge in [-0.1, -0.05) is 24.3 Å². The summed E-state index contributed by atoms with van der Waals surface area (Å²) >= 11 is 0. The quantitative estimate of drug-likeness (QED) is 0.790. The molecule has 6 heteroatoms. The molecule has 21 heavy (non-hydrogen) atoms. The van der Waals surface area contributed by atoms with Gasteiger partial charge in [-0.15, -0.1) is 0 Å². The number of benzene rings is 1. The standard InChI is InChI=1S/C15H17NO4S/c1-19-12-4-2-3-11(7-12)9-16-10-15-6-5-13(20-15)8-14(15)21(16,17)18/h2-7,13-14H,8-10H2,1H3/t13-,14+,15-/m1/s1. The molecule has 2 bridgehead atoms. The SMILES string of the molecule is COc1cccc(CN2C[C@]34C=C[C@H](C[C@@H]3S2(=O)=O)O4)c1. The summed E-state index contributed by atoms with van der Waals surface area (Å²) in [6.07, 6.45) is 4.48. The molecular formula is C15H17NO4S. The van der Waals surface area contributed by atoms with E-state index in [1.54, 1.807) is 11.4 Å². The number of methoxy groups -OCH3 is 1. The second-order valence-electron chi connectivity index (χ2n) is 5.86. The predicted molar refractivity (Wildman–Crippen MR) is 77.5 cm³/mol. The minimum Gasteiger partial charge on any atom is -0.497 e. The van der Waals surface area contributed by atoms with Crippen LogP contribution in [-0.4, -0.2) is 43.3 Å². The molecule has 1 aromatic carbocycles. The Balaban J connectivity index is 1.63. The highest BCUT2D eigenvalue weighted by molar-refractivity contribution is 7.90. The Kier molecular flexibility index (Phi) is 2.73. The Morgan fingerprint density at radius 1 is 1.48 bits per heavy atom. The molecule has 112 valence electrons. The zero-order valence-electron chi connectivity index (χ0n) is 11.7. The number of fused-ring (bicyclic) bond motifs is 1. The largest absolute Gasteiger partial charge is 0.497 e. The lowest BCUT2D eigenvalue weighted by molar-refractivity contribution is 0.0298. The van der Waals surface area contributed by atoms with Gasteiger partial charge in [-0.05, 0) is 24.1 Å². The van der Waals surface area contributed by atoms with Crippen molar-refractivity contribution in [3.63, 3.8) is 0 Å². The molecule has 0 aromatic heterocycles. The normalized spacial score (nSPS) is 36.0. The van der Waals surface area contributed by atoms with E-state index in [-0.39, 0.29) is 6.10 Å². The lowest BCUT2D eigenvalue weighted by atomic mass is 9.94. The van der Waals surface area contributed by atoms with E-state index in [1.807, 2.05) is 36.4 Å². The van der Waals surface area contributed by atoms with Gasteiger partial charge in [-0.25, -0.2) is 8.42 Å². The number of ether oxygens (including phenoxy) is 2. The molecule has 0 amide bonds. The first-order chi connectivity index (χ1) is 10.0. The molecule has 1 aromatic rings. The minimum absolute atomic E-state index is 0.0243. The summed E-state index contributed by atoms with van der Waals surface area (Å²) in [6.45, 7) is 0.768. The van der Waals surface area contributed by atoms with E-state index in [2.05, 4.69) is 0 Å². The molecule has 3 heterocycles. The second kappa shape index (κ2) is 4.32. The molecular weight excluding hydrogens is 290 g/mol. The third-order valence-corrected chi connectivity index (χ3v) is 6.88. The van der Waals surface area contributed by atoms with Gasteiger partial charge in [0.15, 0.2) is 0 Å². The molecule has 0 saturated carbocycles. The molecule has 3 atom stereocenters. The fourth-order valence-electron chi connectivity index (χ4n) is 3.58. The van der Waals surface area contributed by atoms with Crippen LogP contribution in [0.15, 0.2) is 36.4 Å². The smallest absolute Gasteiger partial charge is 0.220 e. The maximum atomic E-state index is 12.7. The van der Waals surface area contributed by atoms with Crippen LogP contribution in [0.25, 0.3) is 0 Å². The maximum Gasteiger partial charge on any atom is 0.220 e. The van der Waals surface area contributed by atoms with Crippen molar-refractivity contribution in [2.24, 2.45) is 0 Å². The van der Waals surface area contributed by atoms with E-state index in [0.717, 1.165) is 11.3 Å². The zero-order chi connectivity index (χ0) is 14.7. The molecule has 0 radical (unpaired) electrons. The van der Waals surface area contributed by atoms with Crippen LogP contribution in [0.3, 0.4) is 0 Å². The summed E-state index contributed by atoms with van der Waals surface area (Å²) in [5.74, 6) is 0.736. The van der Waals surface area contributed by atoms with Crippen LogP contribution in [0.5, 0.6) is 5.75 Å². The lowest BCUT2D eigenvalue weighted by Gasteiger charge is -2.19. The molecule has 1 spiro atoms. The van der Waals surface area contributed by atoms with Crippen LogP contribution in [0.4, 0.5) is 0 Å². The van der Waals surface area contributed by atoms with E-state index >= 15 is 0 Å². The first-order valence-electron chi connectivity index (χ1n) is 7.03. The van der Waals surface area contributed by atoms with Crippen LogP contribution < -0.4 is 4.74 Å². The van der Waals surface area contributed by atoms with Gasteiger partial charge in [0.1, 0.15) is 16.6 Å². The van der Waals surface area contributed by atoms with Gasteiger partial charge in [-0.2, -0.15) is 4.31 Å². The molecule has 0 unspecified atom stereocenters. The summed E-state index contributed by atoms with van der Waals surface area (Å²) in [6, 6.07) is 7.51. The Hall–Kier alpha value is -1.37. The third kappa shape index (κ3) is 1.86. The summed E-state index contributed by atoms with van der Waals surface area (Å²) < 4.78 is 38.0. The fourth-order valence-corrected chi connectivity index (χ4v) is 5.80. The molecule has 3 aliphatic rings. The topological polar surface area (TPSA) is 55.8 Å². The first-order valence-corrected chi connectivity index (χ1v) is 8.53. The van der Waals surface area contributed by atoms with Gasteiger partial charge < -0.3 is 9.47 Å². The average Bonchev–Trinajstić information content (AvgIpc) is 3.09. The van der Waals surface area contributed by atoms with Gasteiger partial charge in [-0.3, -0.25) is 0 Å². The lowest BCUT2D eigenvalue weighted by Crippen LogP contribution is -2.36. The van der Waals surface area contributed by atoms with Crippen molar-refractivity contribution in [2.75, 3.05) is 13.7 Å². The molecule has 3 aliphatic heterocycles. The number of sulfonamides is 1. The third-order valence-electron chi connectivity index (χ3n) is 4.59. The minimum atomic E-state index is -3.31. The zero-order valence-corrected chi connectivity index (χ0v) is 12.5. The van der Waals surface area contributed by atoms with Crippen molar-refractivity contribution in [2.45, 2.75) is 29.9 Å². The van der Waals surface area contributed by atoms with Crippen molar-refractivity contribution in [1.82, 2.24) is 4.31 Å². The van der Waals surface area contributed by atoms with Crippen LogP contribution in [0, 0.1) is 0 Å². The van der Waals surface area contributed by atoms with Crippen LogP contribution in [-0.2, 0) is 21.3 Å².